The zero-order valence-electron chi connectivity index (χ0n) is 19.5. The summed E-state index contributed by atoms with van der Waals surface area (Å²) in [4.78, 5) is 28.9. The maximum Gasteiger partial charge on any atom is 0.295 e. The van der Waals surface area contributed by atoms with Crippen molar-refractivity contribution in [1.82, 2.24) is 0 Å². The van der Waals surface area contributed by atoms with Crippen LogP contribution in [0.5, 0.6) is 5.75 Å². The third kappa shape index (κ3) is 4.50. The summed E-state index contributed by atoms with van der Waals surface area (Å²) in [6.07, 6.45) is 4.57. The van der Waals surface area contributed by atoms with E-state index in [0.29, 0.717) is 28.8 Å². The van der Waals surface area contributed by atoms with Crippen LogP contribution in [0.3, 0.4) is 0 Å². The Morgan fingerprint density at radius 1 is 0.943 bits per heavy atom. The van der Waals surface area contributed by atoms with E-state index in [0.717, 1.165) is 28.6 Å². The largest absolute Gasteiger partial charge is 0.494 e. The van der Waals surface area contributed by atoms with Gasteiger partial charge in [-0.2, -0.15) is 0 Å². The number of amides is 1. The fraction of sp³-hybridized carbons (Fsp3) is 0.241. The Morgan fingerprint density at radius 3 is 2.46 bits per heavy atom. The lowest BCUT2D eigenvalue weighted by Gasteiger charge is -2.25. The summed E-state index contributed by atoms with van der Waals surface area (Å²) in [7, 11) is 0. The van der Waals surface area contributed by atoms with Gasteiger partial charge >= 0.3 is 0 Å². The van der Waals surface area contributed by atoms with Gasteiger partial charge in [0.15, 0.2) is 5.43 Å². The molecule has 5 rings (SSSR count). The van der Waals surface area contributed by atoms with Crippen molar-refractivity contribution < 1.29 is 13.9 Å². The first-order valence-electron chi connectivity index (χ1n) is 12.0. The predicted molar refractivity (Wildman–Crippen MR) is 141 cm³/mol. The Labute approximate surface area is 212 Å². The van der Waals surface area contributed by atoms with Crippen molar-refractivity contribution in [3.63, 3.8) is 0 Å². The van der Waals surface area contributed by atoms with Crippen LogP contribution in [0.1, 0.15) is 60.3 Å². The van der Waals surface area contributed by atoms with Gasteiger partial charge in [-0.25, -0.2) is 0 Å². The van der Waals surface area contributed by atoms with Crippen LogP contribution in [0.2, 0.25) is 0 Å². The smallest absolute Gasteiger partial charge is 0.295 e. The maximum absolute atomic E-state index is 13.7. The summed E-state index contributed by atoms with van der Waals surface area (Å²) in [6, 6.07) is 21.7. The minimum atomic E-state index is -0.599. The van der Waals surface area contributed by atoms with E-state index >= 15 is 0 Å². The number of ether oxygens (including phenoxy) is 1. The molecule has 6 heteroatoms. The number of halogens is 1. The standard InChI is InChI=1S/C29H26BrNO4/c1-2-3-4-8-17-34-22-14-11-19(12-15-22)26-25-27(32)23-18-20(30)13-16-24(23)35-28(25)29(33)31(26)21-9-6-5-7-10-21/h5-7,9-16,18,26H,2-4,8,17H2,1H3. The summed E-state index contributed by atoms with van der Waals surface area (Å²) < 4.78 is 12.7. The SMILES string of the molecule is CCCCCCOc1ccc(C2c3c(oc4ccc(Br)cc4c3=O)C(=O)N2c2ccccc2)cc1. The summed E-state index contributed by atoms with van der Waals surface area (Å²) in [6.45, 7) is 2.86. The number of para-hydroxylation sites is 1. The molecule has 0 bridgehead atoms. The van der Waals surface area contributed by atoms with Crippen LogP contribution in [0.15, 0.2) is 86.5 Å². The lowest BCUT2D eigenvalue weighted by atomic mass is 9.98. The lowest BCUT2D eigenvalue weighted by molar-refractivity contribution is 0.0971. The molecule has 0 N–H and O–H groups in total. The molecule has 178 valence electrons. The van der Waals surface area contributed by atoms with Gasteiger partial charge in [-0.1, -0.05) is 72.4 Å². The first-order chi connectivity index (χ1) is 17.1. The lowest BCUT2D eigenvalue weighted by Crippen LogP contribution is -2.29. The van der Waals surface area contributed by atoms with Gasteiger partial charge in [-0.05, 0) is 54.4 Å². The second-order valence-corrected chi connectivity index (χ2v) is 9.62. The van der Waals surface area contributed by atoms with Crippen molar-refractivity contribution in [2.45, 2.75) is 38.6 Å². The highest BCUT2D eigenvalue weighted by atomic mass is 79.9. The summed E-state index contributed by atoms with van der Waals surface area (Å²) in [5.74, 6) is 0.542. The normalized spacial score (nSPS) is 15.0. The Hall–Kier alpha value is -3.38. The van der Waals surface area contributed by atoms with Gasteiger partial charge in [0.2, 0.25) is 5.76 Å². The van der Waals surface area contributed by atoms with Crippen molar-refractivity contribution in [2.24, 2.45) is 0 Å². The summed E-state index contributed by atoms with van der Waals surface area (Å²) in [5.41, 5.74) is 2.08. The Bertz CT molecular complexity index is 1410. The first kappa shape index (κ1) is 23.4. The van der Waals surface area contributed by atoms with Crippen LogP contribution in [0.4, 0.5) is 5.69 Å². The highest BCUT2D eigenvalue weighted by Crippen LogP contribution is 2.41. The second kappa shape index (κ2) is 10.1. The number of carbonyl (C=O) groups is 1. The van der Waals surface area contributed by atoms with E-state index in [-0.39, 0.29) is 17.1 Å². The molecular weight excluding hydrogens is 506 g/mol. The van der Waals surface area contributed by atoms with Crippen molar-refractivity contribution in [1.29, 1.82) is 0 Å². The third-order valence-electron chi connectivity index (χ3n) is 6.33. The van der Waals surface area contributed by atoms with Crippen LogP contribution >= 0.6 is 15.9 Å². The van der Waals surface area contributed by atoms with E-state index in [1.165, 1.54) is 12.8 Å². The van der Waals surface area contributed by atoms with Crippen LogP contribution in [0.25, 0.3) is 11.0 Å². The van der Waals surface area contributed by atoms with E-state index in [4.69, 9.17) is 9.15 Å². The van der Waals surface area contributed by atoms with Crippen LogP contribution in [-0.4, -0.2) is 12.5 Å². The van der Waals surface area contributed by atoms with Gasteiger partial charge in [0.1, 0.15) is 11.3 Å². The zero-order chi connectivity index (χ0) is 24.4. The van der Waals surface area contributed by atoms with E-state index in [1.54, 1.807) is 23.1 Å². The predicted octanol–water partition coefficient (Wildman–Crippen LogP) is 7.26. The molecule has 0 aliphatic carbocycles. The van der Waals surface area contributed by atoms with Crippen molar-refractivity contribution in [3.8, 4) is 5.75 Å². The number of unbranched alkanes of at least 4 members (excludes halogenated alkanes) is 3. The van der Waals surface area contributed by atoms with Gasteiger partial charge < -0.3 is 9.15 Å². The second-order valence-electron chi connectivity index (χ2n) is 8.71. The quantitative estimate of drug-likeness (QED) is 0.224. The first-order valence-corrected chi connectivity index (χ1v) is 12.8. The zero-order valence-corrected chi connectivity index (χ0v) is 21.1. The van der Waals surface area contributed by atoms with E-state index in [2.05, 4.69) is 22.9 Å². The minimum Gasteiger partial charge on any atom is -0.494 e. The number of carbonyl (C=O) groups excluding carboxylic acids is 1. The summed E-state index contributed by atoms with van der Waals surface area (Å²) in [5, 5.41) is 0.442. The van der Waals surface area contributed by atoms with E-state index in [1.807, 2.05) is 54.6 Å². The van der Waals surface area contributed by atoms with Crippen molar-refractivity contribution >= 4 is 38.5 Å². The number of hydrogen-bond donors (Lipinski definition) is 0. The number of nitrogens with zero attached hydrogens (tertiary/aromatic N) is 1. The highest BCUT2D eigenvalue weighted by Gasteiger charge is 2.43. The molecule has 0 spiro atoms. The topological polar surface area (TPSA) is 59.8 Å². The van der Waals surface area contributed by atoms with Gasteiger partial charge in [-0.3, -0.25) is 14.5 Å². The summed E-state index contributed by atoms with van der Waals surface area (Å²) >= 11 is 3.44. The van der Waals surface area contributed by atoms with Gasteiger partial charge in [0, 0.05) is 10.2 Å². The molecule has 1 aliphatic heterocycles. The molecule has 1 aromatic heterocycles. The molecular formula is C29H26BrNO4. The molecule has 3 aromatic carbocycles. The average Bonchev–Trinajstić information content (AvgIpc) is 3.18. The van der Waals surface area contributed by atoms with Crippen molar-refractivity contribution in [3.05, 3.63) is 104 Å². The van der Waals surface area contributed by atoms with Gasteiger partial charge in [0.05, 0.1) is 23.6 Å². The molecule has 1 unspecified atom stereocenters. The number of anilines is 1. The Balaban J connectivity index is 1.56. The maximum atomic E-state index is 13.7. The molecule has 0 fully saturated rings. The molecule has 4 aromatic rings. The molecule has 5 nitrogen and oxygen atoms in total. The molecule has 1 aliphatic rings. The van der Waals surface area contributed by atoms with E-state index in [9.17, 15) is 9.59 Å². The number of rotatable bonds is 8. The highest BCUT2D eigenvalue weighted by molar-refractivity contribution is 9.10. The molecule has 35 heavy (non-hydrogen) atoms. The average molecular weight is 532 g/mol. The Kier molecular flexibility index (Phi) is 6.73. The minimum absolute atomic E-state index is 0.0925. The molecule has 0 saturated heterocycles. The third-order valence-corrected chi connectivity index (χ3v) is 6.82. The molecule has 1 atom stereocenters. The number of benzene rings is 3. The molecule has 0 saturated carbocycles. The Morgan fingerprint density at radius 2 is 1.71 bits per heavy atom. The monoisotopic (exact) mass is 531 g/mol. The molecule has 2 heterocycles. The van der Waals surface area contributed by atoms with Gasteiger partial charge in [-0.15, -0.1) is 0 Å². The van der Waals surface area contributed by atoms with E-state index < -0.39 is 6.04 Å². The van der Waals surface area contributed by atoms with Gasteiger partial charge in [0.25, 0.3) is 5.91 Å². The fourth-order valence-electron chi connectivity index (χ4n) is 4.58. The van der Waals surface area contributed by atoms with Crippen molar-refractivity contribution in [2.75, 3.05) is 11.5 Å². The van der Waals surface area contributed by atoms with Crippen LogP contribution in [0, 0.1) is 0 Å². The fourth-order valence-corrected chi connectivity index (χ4v) is 4.94. The number of fused-ring (bicyclic) bond motifs is 2. The van der Waals surface area contributed by atoms with Crippen LogP contribution < -0.4 is 15.1 Å². The molecule has 1 amide bonds. The van der Waals surface area contributed by atoms with Crippen LogP contribution in [-0.2, 0) is 0 Å². The number of hydrogen-bond acceptors (Lipinski definition) is 4. The molecule has 0 radical (unpaired) electrons.